The number of likely N-dealkylation sites (N-methyl/N-ethyl adjacent to an activating group) is 1. The highest BCUT2D eigenvalue weighted by atomic mass is 19.4. The Morgan fingerprint density at radius 1 is 1.20 bits per heavy atom. The van der Waals surface area contributed by atoms with E-state index in [0.29, 0.717) is 24.8 Å². The van der Waals surface area contributed by atoms with E-state index in [-0.39, 0.29) is 22.3 Å². The first kappa shape index (κ1) is 25.2. The van der Waals surface area contributed by atoms with Gasteiger partial charge in [0, 0.05) is 54.0 Å². The van der Waals surface area contributed by atoms with Crippen molar-refractivity contribution in [3.05, 3.63) is 58.7 Å². The van der Waals surface area contributed by atoms with Crippen LogP contribution in [0.3, 0.4) is 0 Å². The highest BCUT2D eigenvalue weighted by Crippen LogP contribution is 2.47. The largest absolute Gasteiger partial charge is 0.573 e. The summed E-state index contributed by atoms with van der Waals surface area (Å²) >= 11 is 0. The van der Waals surface area contributed by atoms with E-state index in [1.54, 1.807) is 6.07 Å². The summed E-state index contributed by atoms with van der Waals surface area (Å²) in [5.41, 5.74) is 0.312. The Bertz CT molecular complexity index is 1120. The molecule has 2 N–H and O–H groups in total. The number of rotatable bonds is 6. The predicted octanol–water partition coefficient (Wildman–Crippen LogP) is 4.36. The van der Waals surface area contributed by atoms with Crippen LogP contribution in [0.1, 0.15) is 52.5 Å². The summed E-state index contributed by atoms with van der Waals surface area (Å²) in [4.78, 5) is 16.7. The van der Waals surface area contributed by atoms with Crippen LogP contribution in [0.15, 0.2) is 36.4 Å². The topological polar surface area (TPSA) is 65.0 Å². The van der Waals surface area contributed by atoms with Crippen LogP contribution in [0, 0.1) is 0 Å². The van der Waals surface area contributed by atoms with E-state index in [0.717, 1.165) is 6.07 Å². The first-order valence-electron chi connectivity index (χ1n) is 11.1. The summed E-state index contributed by atoms with van der Waals surface area (Å²) in [7, 11) is 3.86. The van der Waals surface area contributed by atoms with E-state index in [1.807, 2.05) is 23.9 Å². The maximum Gasteiger partial charge on any atom is 0.573 e. The van der Waals surface area contributed by atoms with E-state index >= 15 is 0 Å². The third kappa shape index (κ3) is 5.20. The van der Waals surface area contributed by atoms with Crippen LogP contribution in [0.2, 0.25) is 0 Å². The Morgan fingerprint density at radius 2 is 1.89 bits per heavy atom. The molecule has 0 bridgehead atoms. The average Bonchev–Trinajstić information content (AvgIpc) is 2.93. The number of fused-ring (bicyclic) bond motifs is 1. The van der Waals surface area contributed by atoms with Gasteiger partial charge < -0.3 is 25.0 Å². The lowest BCUT2D eigenvalue weighted by Gasteiger charge is -2.44. The summed E-state index contributed by atoms with van der Waals surface area (Å²) < 4.78 is 71.5. The lowest BCUT2D eigenvalue weighted by Crippen LogP contribution is -2.57. The van der Waals surface area contributed by atoms with Crippen LogP contribution in [0.25, 0.3) is 0 Å². The number of hydrogen-bond acceptors (Lipinski definition) is 5. The van der Waals surface area contributed by atoms with Crippen LogP contribution in [-0.2, 0) is 5.92 Å². The average molecular weight is 499 g/mol. The lowest BCUT2D eigenvalue weighted by atomic mass is 10.0. The summed E-state index contributed by atoms with van der Waals surface area (Å²) in [5, 5.41) is 12.5. The minimum Gasteiger partial charge on any atom is -0.405 e. The number of nitrogens with one attached hydrogen (secondary N) is 1. The van der Waals surface area contributed by atoms with Crippen molar-refractivity contribution in [1.82, 2.24) is 10.2 Å². The Hall–Kier alpha value is -2.92. The fraction of sp³-hybridized carbons (Fsp3) is 0.458. The molecule has 6 nitrogen and oxygen atoms in total. The fourth-order valence-corrected chi connectivity index (χ4v) is 4.42. The zero-order valence-corrected chi connectivity index (χ0v) is 19.4. The quantitative estimate of drug-likeness (QED) is 0.579. The second-order valence-corrected chi connectivity index (χ2v) is 9.21. The maximum atomic E-state index is 13.9. The van der Waals surface area contributed by atoms with Crippen molar-refractivity contribution in [2.24, 2.45) is 0 Å². The maximum absolute atomic E-state index is 13.9. The molecule has 0 radical (unpaired) electrons. The standard InChI is InChI=1S/C24H26F5N3O3/c1-13(30-22(34)14-4-7-19-18(8-14)20(33)10-23(19,25)26)17-6-5-15(9-21(17)35-24(27,28)29)32-11-16(12-32)31(2)3/h4-9,13,16,20,33H,10-12H2,1-3H3,(H,30,34)/t13-,20+/m0/s1. The SMILES string of the molecule is C[C@H](NC(=O)c1ccc2c(c1)[C@H](O)CC2(F)F)c1ccc(N2CC(N(C)C)C2)cc1OC(F)(F)F. The van der Waals surface area contributed by atoms with Crippen LogP contribution < -0.4 is 15.0 Å². The number of hydrogen-bond donors (Lipinski definition) is 2. The summed E-state index contributed by atoms with van der Waals surface area (Å²) in [6.45, 7) is 2.82. The molecule has 2 aliphatic rings. The highest BCUT2D eigenvalue weighted by molar-refractivity contribution is 5.95. The molecule has 0 unspecified atom stereocenters. The minimum absolute atomic E-state index is 0.0116. The van der Waals surface area contributed by atoms with E-state index in [2.05, 4.69) is 10.1 Å². The zero-order valence-electron chi connectivity index (χ0n) is 19.4. The van der Waals surface area contributed by atoms with Crippen molar-refractivity contribution in [2.75, 3.05) is 32.1 Å². The molecule has 0 spiro atoms. The molecule has 35 heavy (non-hydrogen) atoms. The number of amides is 1. The number of benzene rings is 2. The second kappa shape index (κ2) is 8.94. The Kier molecular flexibility index (Phi) is 6.43. The van der Waals surface area contributed by atoms with Gasteiger partial charge in [-0.05, 0) is 44.8 Å². The summed E-state index contributed by atoms with van der Waals surface area (Å²) in [5.74, 6) is -4.30. The zero-order chi connectivity index (χ0) is 25.7. The van der Waals surface area contributed by atoms with E-state index in [4.69, 9.17) is 0 Å². The third-order valence-corrected chi connectivity index (χ3v) is 6.51. The van der Waals surface area contributed by atoms with Crippen molar-refractivity contribution in [2.45, 2.75) is 43.8 Å². The lowest BCUT2D eigenvalue weighted by molar-refractivity contribution is -0.274. The van der Waals surface area contributed by atoms with E-state index < -0.39 is 42.5 Å². The molecule has 190 valence electrons. The molecular weight excluding hydrogens is 473 g/mol. The smallest absolute Gasteiger partial charge is 0.405 e. The van der Waals surface area contributed by atoms with Crippen molar-refractivity contribution < 1.29 is 36.6 Å². The van der Waals surface area contributed by atoms with Gasteiger partial charge in [0.1, 0.15) is 5.75 Å². The van der Waals surface area contributed by atoms with Gasteiger partial charge in [0.05, 0.1) is 12.1 Å². The molecule has 2 aromatic carbocycles. The van der Waals surface area contributed by atoms with E-state index in [9.17, 15) is 31.9 Å². The van der Waals surface area contributed by atoms with Gasteiger partial charge in [-0.3, -0.25) is 4.79 Å². The molecule has 1 aliphatic heterocycles. The molecule has 0 saturated carbocycles. The molecule has 1 saturated heterocycles. The number of nitrogens with zero attached hydrogens (tertiary/aromatic N) is 2. The minimum atomic E-state index is -4.93. The van der Waals surface area contributed by atoms with Crippen LogP contribution >= 0.6 is 0 Å². The molecular formula is C24H26F5N3O3. The van der Waals surface area contributed by atoms with E-state index in [1.165, 1.54) is 31.2 Å². The molecule has 0 aromatic heterocycles. The number of aliphatic hydroxyl groups is 1. The van der Waals surface area contributed by atoms with Gasteiger partial charge in [-0.15, -0.1) is 13.2 Å². The van der Waals surface area contributed by atoms with Crippen molar-refractivity contribution in [3.63, 3.8) is 0 Å². The van der Waals surface area contributed by atoms with Crippen LogP contribution in [0.5, 0.6) is 5.75 Å². The van der Waals surface area contributed by atoms with Gasteiger partial charge >= 0.3 is 6.36 Å². The van der Waals surface area contributed by atoms with Gasteiger partial charge in [-0.1, -0.05) is 12.1 Å². The fourth-order valence-electron chi connectivity index (χ4n) is 4.42. The molecule has 1 aliphatic carbocycles. The Morgan fingerprint density at radius 3 is 2.51 bits per heavy atom. The third-order valence-electron chi connectivity index (χ3n) is 6.51. The number of carbonyl (C=O) groups excluding carboxylic acids is 1. The summed E-state index contributed by atoms with van der Waals surface area (Å²) in [6, 6.07) is 7.32. The normalized spacial score (nSPS) is 20.4. The second-order valence-electron chi connectivity index (χ2n) is 9.21. The monoisotopic (exact) mass is 499 g/mol. The van der Waals surface area contributed by atoms with Gasteiger partial charge in [-0.2, -0.15) is 0 Å². The first-order chi connectivity index (χ1) is 16.2. The Labute approximate surface area is 199 Å². The first-order valence-corrected chi connectivity index (χ1v) is 11.1. The highest BCUT2D eigenvalue weighted by Gasteiger charge is 2.44. The van der Waals surface area contributed by atoms with Crippen molar-refractivity contribution >= 4 is 11.6 Å². The molecule has 1 fully saturated rings. The molecule has 2 aromatic rings. The predicted molar refractivity (Wildman–Crippen MR) is 119 cm³/mol. The number of anilines is 1. The molecule has 4 rings (SSSR count). The Balaban J connectivity index is 1.54. The molecule has 2 atom stereocenters. The van der Waals surface area contributed by atoms with Crippen molar-refractivity contribution in [1.29, 1.82) is 0 Å². The molecule has 11 heteroatoms. The number of carbonyl (C=O) groups is 1. The number of ether oxygens (including phenoxy) is 1. The molecule has 1 amide bonds. The van der Waals surface area contributed by atoms with Gasteiger partial charge in [0.15, 0.2) is 0 Å². The van der Waals surface area contributed by atoms with Crippen LogP contribution in [-0.4, -0.2) is 55.5 Å². The van der Waals surface area contributed by atoms with Crippen LogP contribution in [0.4, 0.5) is 27.6 Å². The van der Waals surface area contributed by atoms with Crippen molar-refractivity contribution in [3.8, 4) is 5.75 Å². The molecule has 1 heterocycles. The number of aliphatic hydroxyl groups excluding tert-OH is 1. The van der Waals surface area contributed by atoms with Gasteiger partial charge in [-0.25, -0.2) is 8.78 Å². The number of halogens is 5. The summed E-state index contributed by atoms with van der Waals surface area (Å²) in [6.07, 6.45) is -7.10. The number of alkyl halides is 5. The van der Waals surface area contributed by atoms with Gasteiger partial charge in [0.25, 0.3) is 11.8 Å². The van der Waals surface area contributed by atoms with Gasteiger partial charge in [0.2, 0.25) is 0 Å².